The van der Waals surface area contributed by atoms with Crippen molar-refractivity contribution in [1.82, 2.24) is 0 Å². The lowest BCUT2D eigenvalue weighted by Crippen LogP contribution is -2.07. The van der Waals surface area contributed by atoms with Crippen molar-refractivity contribution in [3.8, 4) is 0 Å². The van der Waals surface area contributed by atoms with Crippen LogP contribution in [0, 0.1) is 6.92 Å². The molecular weight excluding hydrogens is 216 g/mol. The third kappa shape index (κ3) is 3.70. The molecule has 0 bridgehead atoms. The van der Waals surface area contributed by atoms with Crippen LogP contribution in [0.5, 0.6) is 0 Å². The first-order chi connectivity index (χ1) is 8.06. The van der Waals surface area contributed by atoms with E-state index in [2.05, 4.69) is 0 Å². The summed E-state index contributed by atoms with van der Waals surface area (Å²) in [5.74, 6) is -0.761. The van der Waals surface area contributed by atoms with Gasteiger partial charge >= 0.3 is 5.97 Å². The maximum absolute atomic E-state index is 11.7. The summed E-state index contributed by atoms with van der Waals surface area (Å²) in [5.41, 5.74) is 1.81. The average Bonchev–Trinajstić information content (AvgIpc) is 2.28. The fraction of sp³-hybridized carbons (Fsp3) is 0.429. The molecular formula is C14H18O3. The normalized spacial score (nSPS) is 10.2. The number of aromatic carboxylic acids is 1. The lowest BCUT2D eigenvalue weighted by atomic mass is 9.97. The minimum Gasteiger partial charge on any atom is -0.478 e. The molecule has 3 nitrogen and oxygen atoms in total. The maximum Gasteiger partial charge on any atom is 0.335 e. The van der Waals surface area contributed by atoms with Crippen LogP contribution >= 0.6 is 0 Å². The Morgan fingerprint density at radius 3 is 2.59 bits per heavy atom. The van der Waals surface area contributed by atoms with Gasteiger partial charge in [0.05, 0.1) is 5.56 Å². The Morgan fingerprint density at radius 2 is 2.00 bits per heavy atom. The molecule has 0 atom stereocenters. The second kappa shape index (κ2) is 6.18. The Bertz CT molecular complexity index is 421. The molecule has 0 aliphatic rings. The fourth-order valence-electron chi connectivity index (χ4n) is 1.78. The highest BCUT2D eigenvalue weighted by Gasteiger charge is 2.12. The van der Waals surface area contributed by atoms with Crippen LogP contribution in [0.15, 0.2) is 18.2 Å². The van der Waals surface area contributed by atoms with E-state index in [9.17, 15) is 9.59 Å². The van der Waals surface area contributed by atoms with E-state index in [0.29, 0.717) is 18.4 Å². The minimum absolute atomic E-state index is 0.178. The molecule has 1 aromatic carbocycles. The summed E-state index contributed by atoms with van der Waals surface area (Å²) in [7, 11) is 0. The van der Waals surface area contributed by atoms with Crippen molar-refractivity contribution >= 4 is 11.8 Å². The van der Waals surface area contributed by atoms with E-state index in [4.69, 9.17) is 5.11 Å². The van der Waals surface area contributed by atoms with E-state index in [1.165, 1.54) is 0 Å². The zero-order valence-electron chi connectivity index (χ0n) is 10.3. The van der Waals surface area contributed by atoms with Gasteiger partial charge in [0.15, 0.2) is 0 Å². The number of hydrogen-bond donors (Lipinski definition) is 1. The molecule has 1 rings (SSSR count). The summed E-state index contributed by atoms with van der Waals surface area (Å²) in [6.07, 6.45) is 2.82. The minimum atomic E-state index is -0.939. The van der Waals surface area contributed by atoms with Crippen LogP contribution in [-0.4, -0.2) is 16.9 Å². The van der Waals surface area contributed by atoms with Gasteiger partial charge in [-0.3, -0.25) is 4.79 Å². The van der Waals surface area contributed by atoms with E-state index in [1.807, 2.05) is 13.0 Å². The van der Waals surface area contributed by atoms with Crippen molar-refractivity contribution in [2.24, 2.45) is 0 Å². The molecule has 0 radical (unpaired) electrons. The smallest absolute Gasteiger partial charge is 0.335 e. The van der Waals surface area contributed by atoms with Gasteiger partial charge in [0.25, 0.3) is 0 Å². The predicted molar refractivity (Wildman–Crippen MR) is 66.4 cm³/mol. The summed E-state index contributed by atoms with van der Waals surface area (Å²) in [4.78, 5) is 22.6. The molecule has 0 spiro atoms. The van der Waals surface area contributed by atoms with E-state index < -0.39 is 5.97 Å². The number of carbonyl (C=O) groups is 2. The summed E-state index contributed by atoms with van der Waals surface area (Å²) in [5, 5.41) is 8.98. The average molecular weight is 234 g/mol. The molecule has 1 N–H and O–H groups in total. The number of benzene rings is 1. The molecule has 0 aromatic heterocycles. The Balaban J connectivity index is 2.81. The molecule has 17 heavy (non-hydrogen) atoms. The highest BCUT2D eigenvalue weighted by atomic mass is 16.4. The summed E-state index contributed by atoms with van der Waals surface area (Å²) >= 11 is 0. The third-order valence-corrected chi connectivity index (χ3v) is 2.87. The Kier molecular flexibility index (Phi) is 4.88. The van der Waals surface area contributed by atoms with Crippen molar-refractivity contribution in [3.63, 3.8) is 0 Å². The predicted octanol–water partition coefficient (Wildman–Crippen LogP) is 3.00. The molecule has 0 saturated carbocycles. The molecule has 0 amide bonds. The Morgan fingerprint density at radius 1 is 1.29 bits per heavy atom. The summed E-state index contributed by atoms with van der Waals surface area (Å²) in [6.45, 7) is 3.80. The molecule has 0 fully saturated rings. The zero-order chi connectivity index (χ0) is 12.8. The summed E-state index contributed by atoms with van der Waals surface area (Å²) < 4.78 is 0. The molecule has 0 aliphatic heterocycles. The van der Waals surface area contributed by atoms with Crippen molar-refractivity contribution in [2.75, 3.05) is 0 Å². The quantitative estimate of drug-likeness (QED) is 0.823. The van der Waals surface area contributed by atoms with Crippen LogP contribution in [-0.2, 0) is 11.2 Å². The monoisotopic (exact) mass is 234 g/mol. The van der Waals surface area contributed by atoms with Gasteiger partial charge in [-0.2, -0.15) is 0 Å². The van der Waals surface area contributed by atoms with Crippen LogP contribution in [0.25, 0.3) is 0 Å². The van der Waals surface area contributed by atoms with Crippen LogP contribution < -0.4 is 0 Å². The van der Waals surface area contributed by atoms with E-state index in [-0.39, 0.29) is 11.3 Å². The number of carbonyl (C=O) groups excluding carboxylic acids is 1. The number of carboxylic acid groups (broad SMARTS) is 1. The van der Waals surface area contributed by atoms with Crippen molar-refractivity contribution < 1.29 is 14.7 Å². The lowest BCUT2D eigenvalue weighted by molar-refractivity contribution is -0.118. The highest BCUT2D eigenvalue weighted by Crippen LogP contribution is 2.15. The molecule has 92 valence electrons. The van der Waals surface area contributed by atoms with Gasteiger partial charge < -0.3 is 5.11 Å². The number of hydrogen-bond acceptors (Lipinski definition) is 2. The van der Waals surface area contributed by atoms with Gasteiger partial charge in [-0.1, -0.05) is 25.5 Å². The number of unbranched alkanes of at least 4 members (excludes halogenated alkanes) is 1. The van der Waals surface area contributed by atoms with Gasteiger partial charge in [-0.25, -0.2) is 4.79 Å². The number of Topliss-reactive ketones (excluding diaryl/α,β-unsaturated/α-hetero) is 1. The Hall–Kier alpha value is -1.64. The van der Waals surface area contributed by atoms with E-state index in [1.54, 1.807) is 19.1 Å². The van der Waals surface area contributed by atoms with Crippen molar-refractivity contribution in [1.29, 1.82) is 0 Å². The largest absolute Gasteiger partial charge is 0.478 e. The molecule has 0 unspecified atom stereocenters. The molecule has 0 heterocycles. The Labute approximate surface area is 101 Å². The maximum atomic E-state index is 11.7. The number of ketones is 1. The van der Waals surface area contributed by atoms with Gasteiger partial charge in [-0.05, 0) is 30.5 Å². The van der Waals surface area contributed by atoms with Crippen LogP contribution in [0.4, 0.5) is 0 Å². The lowest BCUT2D eigenvalue weighted by Gasteiger charge is -2.07. The standard InChI is InChI=1S/C14H18O3/c1-3-4-7-12(15)9-11-6-5-8-13(10(11)2)14(16)17/h5-6,8H,3-4,7,9H2,1-2H3,(H,16,17). The van der Waals surface area contributed by atoms with Crippen molar-refractivity contribution in [3.05, 3.63) is 34.9 Å². The molecule has 0 saturated heterocycles. The van der Waals surface area contributed by atoms with Gasteiger partial charge in [0.1, 0.15) is 5.78 Å². The first-order valence-electron chi connectivity index (χ1n) is 5.89. The SMILES string of the molecule is CCCCC(=O)Cc1cccc(C(=O)O)c1C. The molecule has 0 aliphatic carbocycles. The second-order valence-corrected chi connectivity index (χ2v) is 4.21. The highest BCUT2D eigenvalue weighted by molar-refractivity contribution is 5.90. The topological polar surface area (TPSA) is 54.4 Å². The fourth-order valence-corrected chi connectivity index (χ4v) is 1.78. The first kappa shape index (κ1) is 13.4. The van der Waals surface area contributed by atoms with Crippen LogP contribution in [0.2, 0.25) is 0 Å². The van der Waals surface area contributed by atoms with E-state index in [0.717, 1.165) is 18.4 Å². The van der Waals surface area contributed by atoms with Crippen LogP contribution in [0.3, 0.4) is 0 Å². The third-order valence-electron chi connectivity index (χ3n) is 2.87. The second-order valence-electron chi connectivity index (χ2n) is 4.21. The van der Waals surface area contributed by atoms with Crippen molar-refractivity contribution in [2.45, 2.75) is 39.5 Å². The number of carboxylic acids is 1. The molecule has 1 aromatic rings. The first-order valence-corrected chi connectivity index (χ1v) is 5.89. The zero-order valence-corrected chi connectivity index (χ0v) is 10.3. The van der Waals surface area contributed by atoms with Crippen LogP contribution in [0.1, 0.15) is 47.7 Å². The van der Waals surface area contributed by atoms with E-state index >= 15 is 0 Å². The van der Waals surface area contributed by atoms with Gasteiger partial charge in [0, 0.05) is 12.8 Å². The van der Waals surface area contributed by atoms with Gasteiger partial charge in [0.2, 0.25) is 0 Å². The van der Waals surface area contributed by atoms with Gasteiger partial charge in [-0.15, -0.1) is 0 Å². The molecule has 3 heteroatoms. The number of rotatable bonds is 6. The summed E-state index contributed by atoms with van der Waals surface area (Å²) in [6, 6.07) is 5.09.